The molecule has 40 heavy (non-hydrogen) atoms. The van der Waals surface area contributed by atoms with Crippen LogP contribution < -0.4 is 19.5 Å². The van der Waals surface area contributed by atoms with E-state index in [1.807, 2.05) is 49.4 Å². The number of aryl methyl sites for hydroxylation is 1. The van der Waals surface area contributed by atoms with Gasteiger partial charge in [-0.15, -0.1) is 0 Å². The van der Waals surface area contributed by atoms with Crippen molar-refractivity contribution in [3.63, 3.8) is 0 Å². The van der Waals surface area contributed by atoms with Crippen molar-refractivity contribution in [3.05, 3.63) is 112 Å². The minimum Gasteiger partial charge on any atom is -0.496 e. The molecule has 0 bridgehead atoms. The molecule has 4 nitrogen and oxygen atoms in total. The van der Waals surface area contributed by atoms with Gasteiger partial charge in [-0.05, 0) is 80.8 Å². The molecule has 206 valence electrons. The number of nitrogens with one attached hydrogen (secondary N) is 1. The Kier molecular flexibility index (Phi) is 7.77. The molecule has 1 heterocycles. The zero-order chi connectivity index (χ0) is 28.4. The third kappa shape index (κ3) is 5.80. The van der Waals surface area contributed by atoms with Crippen molar-refractivity contribution in [1.29, 1.82) is 0 Å². The summed E-state index contributed by atoms with van der Waals surface area (Å²) in [6.07, 6.45) is 2.22. The van der Waals surface area contributed by atoms with Crippen LogP contribution in [0.3, 0.4) is 0 Å². The fourth-order valence-corrected chi connectivity index (χ4v) is 5.43. The number of halogens is 2. The van der Waals surface area contributed by atoms with Crippen LogP contribution in [0.5, 0.6) is 17.2 Å². The summed E-state index contributed by atoms with van der Waals surface area (Å²) >= 11 is 6.34. The van der Waals surface area contributed by atoms with E-state index >= 15 is 0 Å². The molecule has 0 aromatic heterocycles. The second kappa shape index (κ2) is 11.3. The summed E-state index contributed by atoms with van der Waals surface area (Å²) in [7, 11) is 1.66. The molecule has 1 aliphatic heterocycles. The number of ether oxygens (including phenoxy) is 3. The maximum atomic E-state index is 14.1. The Balaban J connectivity index is 1.59. The molecule has 1 N–H and O–H groups in total. The van der Waals surface area contributed by atoms with E-state index < -0.39 is 0 Å². The lowest BCUT2D eigenvalue weighted by atomic mass is 9.85. The van der Waals surface area contributed by atoms with E-state index in [0.29, 0.717) is 28.9 Å². The first-order valence-corrected chi connectivity index (χ1v) is 13.6. The molecule has 0 spiro atoms. The van der Waals surface area contributed by atoms with Crippen molar-refractivity contribution in [2.45, 2.75) is 46.4 Å². The third-order valence-electron chi connectivity index (χ3n) is 7.08. The zero-order valence-electron chi connectivity index (χ0n) is 23.4. The van der Waals surface area contributed by atoms with Crippen LogP contribution >= 0.6 is 11.6 Å². The molecule has 0 saturated carbocycles. The Bertz CT molecular complexity index is 1590. The van der Waals surface area contributed by atoms with Crippen LogP contribution in [0.1, 0.15) is 43.0 Å². The topological polar surface area (TPSA) is 39.7 Å². The van der Waals surface area contributed by atoms with Crippen LogP contribution in [-0.2, 0) is 13.2 Å². The van der Waals surface area contributed by atoms with Gasteiger partial charge in [-0.3, -0.25) is 0 Å². The molecular weight excluding hydrogens is 525 g/mol. The van der Waals surface area contributed by atoms with Crippen LogP contribution in [0, 0.1) is 12.7 Å². The van der Waals surface area contributed by atoms with Crippen molar-refractivity contribution >= 4 is 22.9 Å². The highest BCUT2D eigenvalue weighted by atomic mass is 35.5. The van der Waals surface area contributed by atoms with Gasteiger partial charge in [0.1, 0.15) is 36.3 Å². The van der Waals surface area contributed by atoms with Crippen molar-refractivity contribution in [2.75, 3.05) is 12.4 Å². The van der Waals surface area contributed by atoms with Crippen molar-refractivity contribution in [1.82, 2.24) is 0 Å². The number of hydrogen-bond acceptors (Lipinski definition) is 4. The van der Waals surface area contributed by atoms with Crippen LogP contribution in [0.2, 0.25) is 5.02 Å². The average Bonchev–Trinajstić information content (AvgIpc) is 2.92. The molecule has 0 saturated heterocycles. The van der Waals surface area contributed by atoms with Crippen molar-refractivity contribution in [3.8, 4) is 28.4 Å². The summed E-state index contributed by atoms with van der Waals surface area (Å²) in [6.45, 7) is 8.89. The van der Waals surface area contributed by atoms with Gasteiger partial charge in [-0.1, -0.05) is 48.0 Å². The van der Waals surface area contributed by atoms with Crippen LogP contribution in [0.15, 0.2) is 78.9 Å². The first-order chi connectivity index (χ1) is 19.1. The number of rotatable bonds is 8. The van der Waals surface area contributed by atoms with Gasteiger partial charge in [-0.2, -0.15) is 0 Å². The molecule has 4 aromatic rings. The van der Waals surface area contributed by atoms with Gasteiger partial charge in [-0.25, -0.2) is 4.39 Å². The molecule has 0 atom stereocenters. The van der Waals surface area contributed by atoms with Gasteiger partial charge in [0, 0.05) is 39.0 Å². The minimum absolute atomic E-state index is 0.194. The predicted octanol–water partition coefficient (Wildman–Crippen LogP) is 9.23. The highest BCUT2D eigenvalue weighted by molar-refractivity contribution is 6.31. The summed E-state index contributed by atoms with van der Waals surface area (Å²) in [5.41, 5.74) is 7.59. The Labute approximate surface area is 240 Å². The molecule has 0 fully saturated rings. The molecule has 0 aliphatic carbocycles. The Morgan fingerprint density at radius 1 is 0.850 bits per heavy atom. The lowest BCUT2D eigenvalue weighted by Gasteiger charge is -2.33. The molecular formula is C34H33ClFNO3. The first-order valence-electron chi connectivity index (χ1n) is 13.2. The highest BCUT2D eigenvalue weighted by Crippen LogP contribution is 2.44. The van der Waals surface area contributed by atoms with E-state index in [9.17, 15) is 4.39 Å². The molecule has 6 heteroatoms. The summed E-state index contributed by atoms with van der Waals surface area (Å²) in [5.74, 6) is 1.57. The Morgan fingerprint density at radius 2 is 1.65 bits per heavy atom. The van der Waals surface area contributed by atoms with Crippen LogP contribution in [0.4, 0.5) is 10.1 Å². The van der Waals surface area contributed by atoms with Gasteiger partial charge in [0.15, 0.2) is 0 Å². The summed E-state index contributed by atoms with van der Waals surface area (Å²) < 4.78 is 32.3. The minimum atomic E-state index is -0.333. The normalized spacial score (nSPS) is 13.6. The van der Waals surface area contributed by atoms with Gasteiger partial charge in [0.05, 0.1) is 12.6 Å². The second-order valence-electron chi connectivity index (χ2n) is 10.6. The van der Waals surface area contributed by atoms with E-state index in [4.69, 9.17) is 25.8 Å². The van der Waals surface area contributed by atoms with Gasteiger partial charge >= 0.3 is 0 Å². The molecule has 5 rings (SSSR count). The SMILES string of the molecule is COc1ccc(OCc2ccccc2Cl)cc1-c1ccc2c(c1COc1cc(F)ccc1C)C(C)=CC(C)(C)N2. The standard InChI is InChI=1S/C34H33ClFNO3/c1-21-10-11-24(36)16-32(21)40-20-28-26(13-14-30-33(28)22(2)18-34(3,4)37-30)27-17-25(12-15-31(27)38-5)39-19-23-8-6-7-9-29(23)35/h6-18,37H,19-20H2,1-5H3. The highest BCUT2D eigenvalue weighted by Gasteiger charge is 2.27. The Hall–Kier alpha value is -3.96. The van der Waals surface area contributed by atoms with E-state index in [1.165, 1.54) is 12.1 Å². The average molecular weight is 558 g/mol. The zero-order valence-corrected chi connectivity index (χ0v) is 24.2. The largest absolute Gasteiger partial charge is 0.496 e. The number of benzene rings is 4. The van der Waals surface area contributed by atoms with Crippen LogP contribution in [-0.4, -0.2) is 12.6 Å². The molecule has 0 amide bonds. The smallest absolute Gasteiger partial charge is 0.126 e. The third-order valence-corrected chi connectivity index (χ3v) is 7.45. The molecule has 0 unspecified atom stereocenters. The van der Waals surface area contributed by atoms with Gasteiger partial charge in [0.2, 0.25) is 0 Å². The predicted molar refractivity (Wildman–Crippen MR) is 161 cm³/mol. The van der Waals surface area contributed by atoms with Crippen LogP contribution in [0.25, 0.3) is 16.7 Å². The first kappa shape index (κ1) is 27.6. The van der Waals surface area contributed by atoms with E-state index in [1.54, 1.807) is 13.2 Å². The van der Waals surface area contributed by atoms with Crippen molar-refractivity contribution in [2.24, 2.45) is 0 Å². The summed E-state index contributed by atoms with van der Waals surface area (Å²) in [6, 6.07) is 22.2. The van der Waals surface area contributed by atoms with Gasteiger partial charge < -0.3 is 19.5 Å². The number of hydrogen-bond donors (Lipinski definition) is 1. The van der Waals surface area contributed by atoms with E-state index in [0.717, 1.165) is 44.6 Å². The van der Waals surface area contributed by atoms with E-state index in [2.05, 4.69) is 44.3 Å². The van der Waals surface area contributed by atoms with Gasteiger partial charge in [0.25, 0.3) is 0 Å². The number of fused-ring (bicyclic) bond motifs is 1. The monoisotopic (exact) mass is 557 g/mol. The van der Waals surface area contributed by atoms with E-state index in [-0.39, 0.29) is 18.0 Å². The quantitative estimate of drug-likeness (QED) is 0.234. The molecule has 4 aromatic carbocycles. The second-order valence-corrected chi connectivity index (χ2v) is 11.0. The number of allylic oxidation sites excluding steroid dienone is 1. The maximum absolute atomic E-state index is 14.1. The number of anilines is 1. The fraction of sp³-hybridized carbons (Fsp3) is 0.235. The van der Waals surface area contributed by atoms with Crippen molar-refractivity contribution < 1.29 is 18.6 Å². The summed E-state index contributed by atoms with van der Waals surface area (Å²) in [5, 5.41) is 4.29. The molecule has 0 radical (unpaired) electrons. The fourth-order valence-electron chi connectivity index (χ4n) is 5.24. The number of methoxy groups -OCH3 is 1. The lowest BCUT2D eigenvalue weighted by molar-refractivity contribution is 0.302. The molecule has 1 aliphatic rings. The maximum Gasteiger partial charge on any atom is 0.126 e. The lowest BCUT2D eigenvalue weighted by Crippen LogP contribution is -2.32. The Morgan fingerprint density at radius 3 is 2.42 bits per heavy atom. The summed E-state index contributed by atoms with van der Waals surface area (Å²) in [4.78, 5) is 0.